The van der Waals surface area contributed by atoms with Gasteiger partial charge in [0.1, 0.15) is 0 Å². The van der Waals surface area contributed by atoms with Gasteiger partial charge in [0.05, 0.1) is 23.2 Å². The quantitative estimate of drug-likeness (QED) is 0.637. The lowest BCUT2D eigenvalue weighted by atomic mass is 9.93. The predicted octanol–water partition coefficient (Wildman–Crippen LogP) is 3.97. The van der Waals surface area contributed by atoms with E-state index < -0.39 is 15.6 Å². The molecule has 8 heteroatoms. The molecule has 0 aliphatic carbocycles. The fraction of sp³-hybridized carbons (Fsp3) is 0.455. The van der Waals surface area contributed by atoms with Crippen LogP contribution in [0.2, 0.25) is 0 Å². The van der Waals surface area contributed by atoms with E-state index in [2.05, 4.69) is 11.6 Å². The van der Waals surface area contributed by atoms with E-state index in [4.69, 9.17) is 11.6 Å². The zero-order valence-electron chi connectivity index (χ0n) is 17.9. The third-order valence-electron chi connectivity index (χ3n) is 5.92. The standard InChI is InChI=1S/C22H28ClN3O3S/c1-6-30(28,29)25-10-9-17(14-25)18-11-19(13-24-12-18)26-21(27)20(8-7-15(2)23)16(3)22(26,4)5/h7-8,11-13,17H,3,6,9-10,14H2,1-2,4-5H3/b15-7+,20-8+. The number of allylic oxidation sites excluding steroid dienone is 3. The molecule has 0 saturated carbocycles. The molecule has 0 aromatic carbocycles. The highest BCUT2D eigenvalue weighted by molar-refractivity contribution is 7.89. The third-order valence-corrected chi connectivity index (χ3v) is 7.89. The van der Waals surface area contributed by atoms with Gasteiger partial charge in [0.15, 0.2) is 0 Å². The largest absolute Gasteiger partial charge is 0.297 e. The van der Waals surface area contributed by atoms with Crippen molar-refractivity contribution < 1.29 is 13.2 Å². The molecule has 0 N–H and O–H groups in total. The summed E-state index contributed by atoms with van der Waals surface area (Å²) in [7, 11) is -3.21. The molecule has 1 amide bonds. The minimum absolute atomic E-state index is 0.0552. The number of carbonyl (C=O) groups is 1. The van der Waals surface area contributed by atoms with Crippen LogP contribution in [0.4, 0.5) is 5.69 Å². The number of nitrogens with zero attached hydrogens (tertiary/aromatic N) is 3. The lowest BCUT2D eigenvalue weighted by molar-refractivity contribution is -0.114. The first-order valence-electron chi connectivity index (χ1n) is 10.00. The smallest absolute Gasteiger partial charge is 0.259 e. The Morgan fingerprint density at radius 1 is 1.40 bits per heavy atom. The number of aromatic nitrogens is 1. The summed E-state index contributed by atoms with van der Waals surface area (Å²) >= 11 is 5.93. The van der Waals surface area contributed by atoms with Crippen molar-refractivity contribution in [1.29, 1.82) is 0 Å². The Morgan fingerprint density at radius 2 is 2.10 bits per heavy atom. The third kappa shape index (κ3) is 4.11. The molecule has 3 heterocycles. The number of hydrogen-bond donors (Lipinski definition) is 0. The van der Waals surface area contributed by atoms with Crippen LogP contribution in [0.15, 0.2) is 53.4 Å². The molecule has 2 aliphatic rings. The summed E-state index contributed by atoms with van der Waals surface area (Å²) in [6, 6.07) is 1.94. The van der Waals surface area contributed by atoms with Gasteiger partial charge < -0.3 is 0 Å². The zero-order chi connectivity index (χ0) is 22.3. The first-order valence-corrected chi connectivity index (χ1v) is 12.0. The van der Waals surface area contributed by atoms with Crippen LogP contribution in [0.5, 0.6) is 0 Å². The van der Waals surface area contributed by atoms with E-state index in [0.29, 0.717) is 35.0 Å². The first-order chi connectivity index (χ1) is 14.0. The number of carbonyl (C=O) groups excluding carboxylic acids is 1. The molecule has 2 aliphatic heterocycles. The minimum Gasteiger partial charge on any atom is -0.297 e. The van der Waals surface area contributed by atoms with Crippen LogP contribution >= 0.6 is 11.6 Å². The number of hydrogen-bond acceptors (Lipinski definition) is 4. The van der Waals surface area contributed by atoms with E-state index in [0.717, 1.165) is 12.0 Å². The Hall–Kier alpha value is -1.96. The van der Waals surface area contributed by atoms with Crippen LogP contribution in [0.1, 0.15) is 45.6 Å². The normalized spacial score (nSPS) is 24.3. The molecular weight excluding hydrogens is 422 g/mol. The number of amides is 1. The van der Waals surface area contributed by atoms with E-state index in [-0.39, 0.29) is 17.6 Å². The van der Waals surface area contributed by atoms with Crippen molar-refractivity contribution in [2.75, 3.05) is 23.7 Å². The fourth-order valence-corrected chi connectivity index (χ4v) is 5.22. The molecule has 6 nitrogen and oxygen atoms in total. The maximum atomic E-state index is 13.2. The van der Waals surface area contributed by atoms with Crippen molar-refractivity contribution >= 4 is 33.2 Å². The van der Waals surface area contributed by atoms with Crippen LogP contribution in [-0.4, -0.2) is 48.0 Å². The lowest BCUT2D eigenvalue weighted by Gasteiger charge is -2.32. The van der Waals surface area contributed by atoms with Gasteiger partial charge in [0.2, 0.25) is 10.0 Å². The van der Waals surface area contributed by atoms with E-state index >= 15 is 0 Å². The Labute approximate surface area is 184 Å². The predicted molar refractivity (Wildman–Crippen MR) is 121 cm³/mol. The summed E-state index contributed by atoms with van der Waals surface area (Å²) in [4.78, 5) is 19.3. The number of anilines is 1. The van der Waals surface area contributed by atoms with E-state index in [1.165, 1.54) is 0 Å². The van der Waals surface area contributed by atoms with Crippen molar-refractivity contribution in [1.82, 2.24) is 9.29 Å². The van der Waals surface area contributed by atoms with Crippen molar-refractivity contribution in [3.05, 3.63) is 58.9 Å². The molecule has 1 unspecified atom stereocenters. The summed E-state index contributed by atoms with van der Waals surface area (Å²) in [5, 5.41) is 0.579. The number of pyridine rings is 1. The second kappa shape index (κ2) is 8.29. The van der Waals surface area contributed by atoms with Gasteiger partial charge in [-0.05, 0) is 63.5 Å². The van der Waals surface area contributed by atoms with Gasteiger partial charge in [0.25, 0.3) is 5.91 Å². The Kier molecular flexibility index (Phi) is 6.28. The van der Waals surface area contributed by atoms with Gasteiger partial charge in [-0.1, -0.05) is 18.2 Å². The molecule has 1 atom stereocenters. The number of sulfonamides is 1. The van der Waals surface area contributed by atoms with E-state index in [9.17, 15) is 13.2 Å². The summed E-state index contributed by atoms with van der Waals surface area (Å²) < 4.78 is 25.9. The topological polar surface area (TPSA) is 70.6 Å². The molecule has 2 saturated heterocycles. The van der Waals surface area contributed by atoms with Crippen LogP contribution in [-0.2, 0) is 14.8 Å². The molecule has 0 radical (unpaired) electrons. The van der Waals surface area contributed by atoms with Crippen LogP contribution in [0.25, 0.3) is 0 Å². The average Bonchev–Trinajstić information content (AvgIpc) is 3.24. The highest BCUT2D eigenvalue weighted by Gasteiger charge is 2.45. The number of rotatable bonds is 5. The first kappa shape index (κ1) is 22.7. The maximum absolute atomic E-state index is 13.2. The molecule has 30 heavy (non-hydrogen) atoms. The average molecular weight is 450 g/mol. The SMILES string of the molecule is C=C1/C(=C\C=C(/C)Cl)C(=O)N(c2cncc(C3CCN(S(=O)(=O)CC)C3)c2)C1(C)C. The molecule has 1 aromatic rings. The van der Waals surface area contributed by atoms with Gasteiger partial charge in [-0.2, -0.15) is 0 Å². The maximum Gasteiger partial charge on any atom is 0.259 e. The van der Waals surface area contributed by atoms with Crippen molar-refractivity contribution in [2.45, 2.75) is 45.6 Å². The summed E-state index contributed by atoms with van der Waals surface area (Å²) in [6.45, 7) is 12.4. The lowest BCUT2D eigenvalue weighted by Crippen LogP contribution is -2.41. The molecule has 0 bridgehead atoms. The Bertz CT molecular complexity index is 1040. The van der Waals surface area contributed by atoms with Gasteiger partial charge in [-0.3, -0.25) is 14.7 Å². The van der Waals surface area contributed by atoms with E-state index in [1.54, 1.807) is 47.6 Å². The molecular formula is C22H28ClN3O3S. The number of halogens is 1. The molecule has 2 fully saturated rings. The minimum atomic E-state index is -3.21. The van der Waals surface area contributed by atoms with Crippen LogP contribution < -0.4 is 4.90 Å². The van der Waals surface area contributed by atoms with Gasteiger partial charge >= 0.3 is 0 Å². The van der Waals surface area contributed by atoms with Crippen LogP contribution in [0.3, 0.4) is 0 Å². The summed E-state index contributed by atoms with van der Waals surface area (Å²) in [5.41, 5.74) is 2.23. The van der Waals surface area contributed by atoms with Crippen molar-refractivity contribution in [3.8, 4) is 0 Å². The Balaban J connectivity index is 1.92. The molecule has 162 valence electrons. The van der Waals surface area contributed by atoms with Gasteiger partial charge in [0, 0.05) is 35.8 Å². The monoisotopic (exact) mass is 449 g/mol. The fourth-order valence-electron chi connectivity index (χ4n) is 4.00. The summed E-state index contributed by atoms with van der Waals surface area (Å²) in [6.07, 6.45) is 7.55. The van der Waals surface area contributed by atoms with Crippen molar-refractivity contribution in [2.24, 2.45) is 0 Å². The summed E-state index contributed by atoms with van der Waals surface area (Å²) in [5.74, 6) is 0.00132. The Morgan fingerprint density at radius 3 is 2.73 bits per heavy atom. The molecule has 1 aromatic heterocycles. The molecule has 3 rings (SSSR count). The zero-order valence-corrected chi connectivity index (χ0v) is 19.4. The van der Waals surface area contributed by atoms with Crippen molar-refractivity contribution in [3.63, 3.8) is 0 Å². The highest BCUT2D eigenvalue weighted by atomic mass is 35.5. The highest BCUT2D eigenvalue weighted by Crippen LogP contribution is 2.42. The van der Waals surface area contributed by atoms with Gasteiger partial charge in [-0.15, -0.1) is 0 Å². The van der Waals surface area contributed by atoms with Crippen LogP contribution in [0, 0.1) is 0 Å². The second-order valence-electron chi connectivity index (χ2n) is 8.23. The van der Waals surface area contributed by atoms with Gasteiger partial charge in [-0.25, -0.2) is 12.7 Å². The molecule has 0 spiro atoms. The second-order valence-corrected chi connectivity index (χ2v) is 11.1. The van der Waals surface area contributed by atoms with E-state index in [1.807, 2.05) is 19.9 Å².